The van der Waals surface area contributed by atoms with Crippen LogP contribution in [0.15, 0.2) is 29.0 Å². The maximum Gasteiger partial charge on any atom is 0.0740 e. The van der Waals surface area contributed by atoms with Gasteiger partial charge in [0.25, 0.3) is 0 Å². The Hall–Kier alpha value is -1.16. The molecule has 0 saturated carbocycles. The van der Waals surface area contributed by atoms with E-state index in [-0.39, 0.29) is 0 Å². The van der Waals surface area contributed by atoms with E-state index in [0.29, 0.717) is 0 Å². The van der Waals surface area contributed by atoms with Gasteiger partial charge in [0.05, 0.1) is 15.9 Å². The molecule has 0 aliphatic carbocycles. The molecular formula is C12H14BrN3. The number of hydrogen-bond acceptors (Lipinski definition) is 2. The molecule has 0 unspecified atom stereocenters. The van der Waals surface area contributed by atoms with Gasteiger partial charge in [0, 0.05) is 18.1 Å². The van der Waals surface area contributed by atoms with E-state index in [4.69, 9.17) is 0 Å². The summed E-state index contributed by atoms with van der Waals surface area (Å²) in [6.45, 7) is 4.14. The molecule has 0 atom stereocenters. The van der Waals surface area contributed by atoms with E-state index < -0.39 is 0 Å². The Balaban J connectivity index is 2.36. The van der Waals surface area contributed by atoms with Gasteiger partial charge in [-0.3, -0.25) is 4.98 Å². The van der Waals surface area contributed by atoms with Crippen molar-refractivity contribution in [3.63, 3.8) is 0 Å². The number of aryl methyl sites for hydroxylation is 2. The van der Waals surface area contributed by atoms with Crippen molar-refractivity contribution in [2.75, 3.05) is 0 Å². The molecule has 2 heterocycles. The number of halogens is 1. The predicted octanol–water partition coefficient (Wildman–Crippen LogP) is 3.29. The van der Waals surface area contributed by atoms with Crippen LogP contribution in [0.2, 0.25) is 0 Å². The highest BCUT2D eigenvalue weighted by Gasteiger charge is 2.04. The minimum atomic E-state index is 0.994. The van der Waals surface area contributed by atoms with Gasteiger partial charge in [-0.1, -0.05) is 13.3 Å². The lowest BCUT2D eigenvalue weighted by Gasteiger charge is -2.03. The molecule has 2 aromatic rings. The lowest BCUT2D eigenvalue weighted by molar-refractivity contribution is 0.839. The summed E-state index contributed by atoms with van der Waals surface area (Å²) in [6.07, 6.45) is 5.93. The molecule has 0 aliphatic heterocycles. The topological polar surface area (TPSA) is 30.7 Å². The van der Waals surface area contributed by atoms with E-state index in [1.807, 2.05) is 30.1 Å². The van der Waals surface area contributed by atoms with Crippen molar-refractivity contribution >= 4 is 15.9 Å². The minimum Gasteiger partial charge on any atom is -0.261 e. The van der Waals surface area contributed by atoms with Crippen LogP contribution in [0.5, 0.6) is 0 Å². The Labute approximate surface area is 104 Å². The van der Waals surface area contributed by atoms with Crippen LogP contribution in [0.1, 0.15) is 24.7 Å². The lowest BCUT2D eigenvalue weighted by atomic mass is 10.2. The fraction of sp³-hybridized carbons (Fsp3) is 0.333. The van der Waals surface area contributed by atoms with Crippen LogP contribution in [0.25, 0.3) is 5.69 Å². The Morgan fingerprint density at radius 2 is 2.25 bits per heavy atom. The summed E-state index contributed by atoms with van der Waals surface area (Å²) >= 11 is 3.46. The van der Waals surface area contributed by atoms with Crippen LogP contribution < -0.4 is 0 Å². The van der Waals surface area contributed by atoms with Crippen molar-refractivity contribution in [3.05, 3.63) is 40.4 Å². The smallest absolute Gasteiger partial charge is 0.0740 e. The second-order valence-electron chi connectivity index (χ2n) is 3.76. The highest BCUT2D eigenvalue weighted by Crippen LogP contribution is 2.17. The maximum atomic E-state index is 4.42. The summed E-state index contributed by atoms with van der Waals surface area (Å²) in [5.74, 6) is 0. The van der Waals surface area contributed by atoms with Gasteiger partial charge in [0.2, 0.25) is 0 Å². The number of hydrogen-bond donors (Lipinski definition) is 0. The van der Waals surface area contributed by atoms with Crippen molar-refractivity contribution in [1.82, 2.24) is 14.8 Å². The van der Waals surface area contributed by atoms with Crippen LogP contribution in [-0.4, -0.2) is 14.8 Å². The zero-order chi connectivity index (χ0) is 11.5. The van der Waals surface area contributed by atoms with Gasteiger partial charge < -0.3 is 0 Å². The molecule has 0 aliphatic rings. The van der Waals surface area contributed by atoms with E-state index in [1.54, 1.807) is 0 Å². The molecule has 2 rings (SSSR count). The third-order valence-corrected chi connectivity index (χ3v) is 3.19. The molecule has 0 saturated heterocycles. The summed E-state index contributed by atoms with van der Waals surface area (Å²) in [6, 6.07) is 4.06. The Morgan fingerprint density at radius 3 is 2.88 bits per heavy atom. The third-order valence-electron chi connectivity index (χ3n) is 2.41. The zero-order valence-corrected chi connectivity index (χ0v) is 11.0. The summed E-state index contributed by atoms with van der Waals surface area (Å²) in [5.41, 5.74) is 3.17. The Morgan fingerprint density at radius 1 is 1.44 bits per heavy atom. The molecule has 2 aromatic heterocycles. The monoisotopic (exact) mass is 279 g/mol. The summed E-state index contributed by atoms with van der Waals surface area (Å²) < 4.78 is 2.90. The molecule has 4 heteroatoms. The largest absolute Gasteiger partial charge is 0.261 e. The van der Waals surface area contributed by atoms with Crippen molar-refractivity contribution in [3.8, 4) is 5.69 Å². The number of nitrogens with zero attached hydrogens (tertiary/aromatic N) is 3. The first-order valence-corrected chi connectivity index (χ1v) is 6.17. The van der Waals surface area contributed by atoms with E-state index in [2.05, 4.69) is 39.0 Å². The standard InChI is InChI=1S/C12H14BrN3/c1-3-4-10-7-11(5-6-14-10)16-8-12(13)9(2)15-16/h5-8H,3-4H2,1-2H3. The molecule has 0 fully saturated rings. The van der Waals surface area contributed by atoms with Crippen molar-refractivity contribution in [2.24, 2.45) is 0 Å². The molecule has 0 radical (unpaired) electrons. The van der Waals surface area contributed by atoms with Crippen molar-refractivity contribution < 1.29 is 0 Å². The highest BCUT2D eigenvalue weighted by atomic mass is 79.9. The molecular weight excluding hydrogens is 266 g/mol. The first-order valence-electron chi connectivity index (χ1n) is 5.37. The second kappa shape index (κ2) is 4.78. The number of pyridine rings is 1. The first kappa shape index (κ1) is 11.3. The van der Waals surface area contributed by atoms with Gasteiger partial charge in [-0.05, 0) is 41.4 Å². The zero-order valence-electron chi connectivity index (χ0n) is 9.44. The van der Waals surface area contributed by atoms with Crippen LogP contribution in [0.3, 0.4) is 0 Å². The summed E-state index contributed by atoms with van der Waals surface area (Å²) in [4.78, 5) is 4.33. The van der Waals surface area contributed by atoms with E-state index in [1.165, 1.54) is 0 Å². The highest BCUT2D eigenvalue weighted by molar-refractivity contribution is 9.10. The van der Waals surface area contributed by atoms with Gasteiger partial charge in [0.15, 0.2) is 0 Å². The van der Waals surface area contributed by atoms with E-state index in [0.717, 1.165) is 34.4 Å². The fourth-order valence-corrected chi connectivity index (χ4v) is 1.85. The Bertz CT molecular complexity index is 471. The normalized spacial score (nSPS) is 10.7. The number of aromatic nitrogens is 3. The quantitative estimate of drug-likeness (QED) is 0.863. The molecule has 0 aromatic carbocycles. The fourth-order valence-electron chi connectivity index (χ4n) is 1.57. The third kappa shape index (κ3) is 2.32. The van der Waals surface area contributed by atoms with E-state index >= 15 is 0 Å². The SMILES string of the molecule is CCCc1cc(-n2cc(Br)c(C)n2)ccn1. The van der Waals surface area contributed by atoms with Gasteiger partial charge in [-0.25, -0.2) is 4.68 Å². The van der Waals surface area contributed by atoms with Crippen LogP contribution in [-0.2, 0) is 6.42 Å². The van der Waals surface area contributed by atoms with Gasteiger partial charge in [-0.2, -0.15) is 5.10 Å². The molecule has 0 spiro atoms. The molecule has 0 amide bonds. The number of rotatable bonds is 3. The summed E-state index contributed by atoms with van der Waals surface area (Å²) in [7, 11) is 0. The lowest BCUT2D eigenvalue weighted by Crippen LogP contribution is -1.98. The van der Waals surface area contributed by atoms with E-state index in [9.17, 15) is 0 Å². The van der Waals surface area contributed by atoms with Gasteiger partial charge >= 0.3 is 0 Å². The van der Waals surface area contributed by atoms with Crippen LogP contribution >= 0.6 is 15.9 Å². The molecule has 84 valence electrons. The average molecular weight is 280 g/mol. The first-order chi connectivity index (χ1) is 7.70. The molecule has 16 heavy (non-hydrogen) atoms. The summed E-state index contributed by atoms with van der Waals surface area (Å²) in [5, 5.41) is 4.42. The average Bonchev–Trinajstić information content (AvgIpc) is 2.60. The molecule has 3 nitrogen and oxygen atoms in total. The van der Waals surface area contributed by atoms with Crippen molar-refractivity contribution in [1.29, 1.82) is 0 Å². The van der Waals surface area contributed by atoms with Crippen LogP contribution in [0, 0.1) is 6.92 Å². The van der Waals surface area contributed by atoms with Gasteiger partial charge in [0.1, 0.15) is 0 Å². The molecule has 0 bridgehead atoms. The second-order valence-corrected chi connectivity index (χ2v) is 4.62. The minimum absolute atomic E-state index is 0.994. The van der Waals surface area contributed by atoms with Crippen molar-refractivity contribution in [2.45, 2.75) is 26.7 Å². The Kier molecular flexibility index (Phi) is 3.39. The predicted molar refractivity (Wildman–Crippen MR) is 67.8 cm³/mol. The van der Waals surface area contributed by atoms with Gasteiger partial charge in [-0.15, -0.1) is 0 Å². The van der Waals surface area contributed by atoms with Crippen LogP contribution in [0.4, 0.5) is 0 Å². The molecule has 0 N–H and O–H groups in total. The maximum absolute atomic E-state index is 4.42.